The van der Waals surface area contributed by atoms with E-state index in [0.29, 0.717) is 25.7 Å². The Morgan fingerprint density at radius 1 is 0.926 bits per heavy atom. The molecule has 0 amide bonds. The summed E-state index contributed by atoms with van der Waals surface area (Å²) in [4.78, 5) is 4.21. The average molecular weight is 373 g/mol. The van der Waals surface area contributed by atoms with E-state index < -0.39 is 0 Å². The largest absolute Gasteiger partial charge is 0.490 e. The summed E-state index contributed by atoms with van der Waals surface area (Å²) in [5, 5.41) is 6.50. The number of ether oxygens (including phenoxy) is 2. The molecule has 27 heavy (non-hydrogen) atoms. The third-order valence-corrected chi connectivity index (χ3v) is 3.91. The molecule has 0 spiro atoms. The van der Waals surface area contributed by atoms with Gasteiger partial charge in [0.25, 0.3) is 0 Å². The summed E-state index contributed by atoms with van der Waals surface area (Å²) >= 11 is 0. The predicted octanol–water partition coefficient (Wildman–Crippen LogP) is 3.53. The molecule has 0 saturated carbocycles. The lowest BCUT2D eigenvalue weighted by molar-refractivity contribution is 0.287. The van der Waals surface area contributed by atoms with Crippen LogP contribution < -0.4 is 20.1 Å². The van der Waals surface area contributed by atoms with Crippen LogP contribution in [-0.2, 0) is 13.0 Å². The molecule has 0 aliphatic rings. The molecule has 0 aromatic heterocycles. The Morgan fingerprint density at radius 3 is 2.26 bits per heavy atom. The highest BCUT2D eigenvalue weighted by Gasteiger charge is 2.06. The monoisotopic (exact) mass is 373 g/mol. The zero-order chi connectivity index (χ0) is 19.5. The van der Waals surface area contributed by atoms with Crippen LogP contribution >= 0.6 is 0 Å². The van der Waals surface area contributed by atoms with Crippen molar-refractivity contribution in [2.45, 2.75) is 26.8 Å². The fourth-order valence-electron chi connectivity index (χ4n) is 2.58. The molecule has 0 fully saturated rings. The predicted molar refractivity (Wildman–Crippen MR) is 107 cm³/mol. The maximum absolute atomic E-state index is 13.0. The Bertz CT molecular complexity index is 733. The van der Waals surface area contributed by atoms with Crippen molar-refractivity contribution in [1.82, 2.24) is 10.6 Å². The first-order valence-corrected chi connectivity index (χ1v) is 9.23. The summed E-state index contributed by atoms with van der Waals surface area (Å²) in [6.07, 6.45) is 0.823. The Kier molecular flexibility index (Phi) is 8.42. The Balaban J connectivity index is 1.84. The van der Waals surface area contributed by atoms with E-state index in [1.54, 1.807) is 19.2 Å². The van der Waals surface area contributed by atoms with E-state index in [-0.39, 0.29) is 5.82 Å². The van der Waals surface area contributed by atoms with Crippen molar-refractivity contribution in [3.63, 3.8) is 0 Å². The summed E-state index contributed by atoms with van der Waals surface area (Å²) < 4.78 is 24.2. The highest BCUT2D eigenvalue weighted by molar-refractivity contribution is 5.79. The lowest BCUT2D eigenvalue weighted by atomic mass is 10.1. The van der Waals surface area contributed by atoms with Gasteiger partial charge in [0, 0.05) is 20.1 Å². The Hall–Kier alpha value is -2.76. The minimum Gasteiger partial charge on any atom is -0.490 e. The number of benzene rings is 2. The summed E-state index contributed by atoms with van der Waals surface area (Å²) in [6, 6.07) is 12.4. The summed E-state index contributed by atoms with van der Waals surface area (Å²) in [5.41, 5.74) is 2.15. The van der Waals surface area contributed by atoms with E-state index in [0.717, 1.165) is 35.6 Å². The SMILES string of the molecule is CCOc1ccc(CCNC(=NC)NCc2ccc(F)cc2)cc1OCC. The van der Waals surface area contributed by atoms with Crippen molar-refractivity contribution in [3.8, 4) is 11.5 Å². The van der Waals surface area contributed by atoms with Crippen LogP contribution in [-0.4, -0.2) is 32.8 Å². The molecule has 5 nitrogen and oxygen atoms in total. The molecule has 2 rings (SSSR count). The fraction of sp³-hybridized carbons (Fsp3) is 0.381. The van der Waals surface area contributed by atoms with Gasteiger partial charge in [0.05, 0.1) is 13.2 Å². The molecule has 6 heteroatoms. The van der Waals surface area contributed by atoms with Gasteiger partial charge < -0.3 is 20.1 Å². The lowest BCUT2D eigenvalue weighted by Crippen LogP contribution is -2.37. The summed E-state index contributed by atoms with van der Waals surface area (Å²) in [5.74, 6) is 2.02. The molecule has 0 bridgehead atoms. The second kappa shape index (κ2) is 11.1. The smallest absolute Gasteiger partial charge is 0.191 e. The molecule has 0 saturated heterocycles. The number of halogens is 1. The van der Waals surface area contributed by atoms with Crippen LogP contribution in [0, 0.1) is 5.82 Å². The number of hydrogen-bond donors (Lipinski definition) is 2. The lowest BCUT2D eigenvalue weighted by Gasteiger charge is -2.14. The minimum atomic E-state index is -0.233. The molecule has 0 heterocycles. The summed E-state index contributed by atoms with van der Waals surface area (Å²) in [6.45, 7) is 6.43. The first kappa shape index (κ1) is 20.6. The Morgan fingerprint density at radius 2 is 1.59 bits per heavy atom. The van der Waals surface area contributed by atoms with Gasteiger partial charge in [-0.3, -0.25) is 4.99 Å². The molecular weight excluding hydrogens is 345 g/mol. The molecule has 0 radical (unpaired) electrons. The maximum atomic E-state index is 13.0. The molecule has 2 aromatic rings. The number of nitrogens with zero attached hydrogens (tertiary/aromatic N) is 1. The van der Waals surface area contributed by atoms with Crippen LogP contribution in [0.25, 0.3) is 0 Å². The quantitative estimate of drug-likeness (QED) is 0.522. The van der Waals surface area contributed by atoms with Gasteiger partial charge >= 0.3 is 0 Å². The van der Waals surface area contributed by atoms with Crippen molar-refractivity contribution in [2.75, 3.05) is 26.8 Å². The molecule has 0 aliphatic carbocycles. The second-order valence-electron chi connectivity index (χ2n) is 5.88. The van der Waals surface area contributed by atoms with Crippen molar-refractivity contribution >= 4 is 5.96 Å². The van der Waals surface area contributed by atoms with Gasteiger partial charge in [0.2, 0.25) is 0 Å². The van der Waals surface area contributed by atoms with Gasteiger partial charge in [-0.15, -0.1) is 0 Å². The molecule has 0 aliphatic heterocycles. The van der Waals surface area contributed by atoms with Crippen LogP contribution in [0.2, 0.25) is 0 Å². The third-order valence-electron chi connectivity index (χ3n) is 3.91. The zero-order valence-corrected chi connectivity index (χ0v) is 16.2. The zero-order valence-electron chi connectivity index (χ0n) is 16.2. The first-order valence-electron chi connectivity index (χ1n) is 9.23. The van der Waals surface area contributed by atoms with Crippen LogP contribution in [0.1, 0.15) is 25.0 Å². The standard InChI is InChI=1S/C21H28FN3O2/c1-4-26-19-11-8-16(14-20(19)27-5-2)12-13-24-21(23-3)25-15-17-6-9-18(22)10-7-17/h6-11,14H,4-5,12-13,15H2,1-3H3,(H2,23,24,25). The van der Waals surface area contributed by atoms with Gasteiger partial charge in [-0.25, -0.2) is 4.39 Å². The van der Waals surface area contributed by atoms with Gasteiger partial charge in [0.1, 0.15) is 5.82 Å². The number of rotatable bonds is 9. The summed E-state index contributed by atoms with van der Waals surface area (Å²) in [7, 11) is 1.73. The molecule has 0 atom stereocenters. The van der Waals surface area contributed by atoms with Gasteiger partial charge in [-0.1, -0.05) is 18.2 Å². The van der Waals surface area contributed by atoms with E-state index in [2.05, 4.69) is 15.6 Å². The molecule has 2 aromatic carbocycles. The molecule has 146 valence electrons. The van der Waals surface area contributed by atoms with Crippen molar-refractivity contribution in [2.24, 2.45) is 4.99 Å². The normalized spacial score (nSPS) is 11.2. The van der Waals surface area contributed by atoms with Crippen molar-refractivity contribution < 1.29 is 13.9 Å². The van der Waals surface area contributed by atoms with Crippen LogP contribution in [0.4, 0.5) is 4.39 Å². The van der Waals surface area contributed by atoms with E-state index in [9.17, 15) is 4.39 Å². The maximum Gasteiger partial charge on any atom is 0.191 e. The first-order chi connectivity index (χ1) is 13.2. The van der Waals surface area contributed by atoms with Gasteiger partial charge in [-0.05, 0) is 55.7 Å². The number of hydrogen-bond acceptors (Lipinski definition) is 3. The highest BCUT2D eigenvalue weighted by atomic mass is 19.1. The van der Waals surface area contributed by atoms with Crippen LogP contribution in [0.5, 0.6) is 11.5 Å². The van der Waals surface area contributed by atoms with Gasteiger partial charge in [0.15, 0.2) is 17.5 Å². The molecular formula is C21H28FN3O2. The molecule has 0 unspecified atom stereocenters. The number of aliphatic imine (C=N–C) groups is 1. The van der Waals surface area contributed by atoms with Crippen LogP contribution in [0.3, 0.4) is 0 Å². The highest BCUT2D eigenvalue weighted by Crippen LogP contribution is 2.28. The minimum absolute atomic E-state index is 0.233. The van der Waals surface area contributed by atoms with Crippen molar-refractivity contribution in [3.05, 3.63) is 59.4 Å². The number of guanidine groups is 1. The van der Waals surface area contributed by atoms with E-state index in [4.69, 9.17) is 9.47 Å². The fourth-order valence-corrected chi connectivity index (χ4v) is 2.58. The van der Waals surface area contributed by atoms with E-state index >= 15 is 0 Å². The second-order valence-corrected chi connectivity index (χ2v) is 5.88. The average Bonchev–Trinajstić information content (AvgIpc) is 2.68. The number of nitrogens with one attached hydrogen (secondary N) is 2. The van der Waals surface area contributed by atoms with Gasteiger partial charge in [-0.2, -0.15) is 0 Å². The Labute approximate surface area is 160 Å². The third kappa shape index (κ3) is 6.81. The van der Waals surface area contributed by atoms with E-state index in [1.165, 1.54) is 12.1 Å². The topological polar surface area (TPSA) is 54.9 Å². The van der Waals surface area contributed by atoms with E-state index in [1.807, 2.05) is 32.0 Å². The van der Waals surface area contributed by atoms with Crippen molar-refractivity contribution in [1.29, 1.82) is 0 Å². The molecule has 2 N–H and O–H groups in total. The van der Waals surface area contributed by atoms with Crippen LogP contribution in [0.15, 0.2) is 47.5 Å².